The highest BCUT2D eigenvalue weighted by atomic mass is 19.1. The van der Waals surface area contributed by atoms with E-state index in [1.807, 2.05) is 13.8 Å². The fourth-order valence-electron chi connectivity index (χ4n) is 1.70. The van der Waals surface area contributed by atoms with E-state index in [0.29, 0.717) is 6.04 Å². The molecule has 2 atom stereocenters. The molecule has 0 bridgehead atoms. The maximum Gasteiger partial charge on any atom is 0.123 e. The zero-order chi connectivity index (χ0) is 13.0. The molecule has 0 aliphatic carbocycles. The van der Waals surface area contributed by atoms with E-state index in [2.05, 4.69) is 25.9 Å². The molecule has 0 radical (unpaired) electrons. The molecule has 1 aromatic rings. The Labute approximate surface area is 103 Å². The number of benzene rings is 1. The number of ether oxygens (including phenoxy) is 1. The summed E-state index contributed by atoms with van der Waals surface area (Å²) >= 11 is 0. The maximum absolute atomic E-state index is 12.9. The number of aryl methyl sites for hydroxylation is 1. The van der Waals surface area contributed by atoms with Crippen LogP contribution in [0.4, 0.5) is 4.39 Å². The first-order valence-corrected chi connectivity index (χ1v) is 5.99. The highest BCUT2D eigenvalue weighted by Crippen LogP contribution is 2.21. The van der Waals surface area contributed by atoms with Crippen LogP contribution in [0.15, 0.2) is 18.2 Å². The Morgan fingerprint density at radius 3 is 2.47 bits per heavy atom. The molecule has 0 aliphatic heterocycles. The molecule has 0 aliphatic rings. The number of rotatable bonds is 5. The molecule has 0 N–H and O–H groups in total. The zero-order valence-corrected chi connectivity index (χ0v) is 11.3. The predicted octanol–water partition coefficient (Wildman–Crippen LogP) is 3.24. The summed E-state index contributed by atoms with van der Waals surface area (Å²) in [5.74, 6) is 0.550. The third-order valence-corrected chi connectivity index (χ3v) is 3.02. The van der Waals surface area contributed by atoms with Gasteiger partial charge in [-0.05, 0) is 65.0 Å². The van der Waals surface area contributed by atoms with Crippen LogP contribution in [0.5, 0.6) is 5.75 Å². The lowest BCUT2D eigenvalue weighted by molar-refractivity contribution is 0.164. The highest BCUT2D eigenvalue weighted by Gasteiger charge is 2.12. The quantitative estimate of drug-likeness (QED) is 0.782. The van der Waals surface area contributed by atoms with Gasteiger partial charge < -0.3 is 9.64 Å². The summed E-state index contributed by atoms with van der Waals surface area (Å²) < 4.78 is 18.8. The summed E-state index contributed by atoms with van der Waals surface area (Å²) in [6.45, 7) is 6.07. The van der Waals surface area contributed by atoms with E-state index in [4.69, 9.17) is 4.74 Å². The van der Waals surface area contributed by atoms with E-state index in [1.54, 1.807) is 6.07 Å². The lowest BCUT2D eigenvalue weighted by atomic mass is 10.1. The van der Waals surface area contributed by atoms with Crippen molar-refractivity contribution in [1.29, 1.82) is 0 Å². The van der Waals surface area contributed by atoms with Gasteiger partial charge in [-0.3, -0.25) is 0 Å². The Balaban J connectivity index is 2.59. The van der Waals surface area contributed by atoms with Crippen LogP contribution in [0.2, 0.25) is 0 Å². The van der Waals surface area contributed by atoms with Crippen molar-refractivity contribution in [3.05, 3.63) is 29.6 Å². The average molecular weight is 239 g/mol. The number of hydrogen-bond donors (Lipinski definition) is 0. The fraction of sp³-hybridized carbons (Fsp3) is 0.571. The second-order valence-electron chi connectivity index (χ2n) is 4.89. The summed E-state index contributed by atoms with van der Waals surface area (Å²) in [6, 6.07) is 5.09. The third kappa shape index (κ3) is 4.35. The molecule has 1 aromatic carbocycles. The van der Waals surface area contributed by atoms with Crippen molar-refractivity contribution in [1.82, 2.24) is 4.90 Å². The molecular weight excluding hydrogens is 217 g/mol. The van der Waals surface area contributed by atoms with Crippen LogP contribution in [0.1, 0.15) is 25.8 Å². The number of hydrogen-bond acceptors (Lipinski definition) is 2. The van der Waals surface area contributed by atoms with Crippen LogP contribution >= 0.6 is 0 Å². The minimum absolute atomic E-state index is 0.122. The van der Waals surface area contributed by atoms with Crippen molar-refractivity contribution < 1.29 is 9.13 Å². The van der Waals surface area contributed by atoms with Gasteiger partial charge in [-0.15, -0.1) is 0 Å². The predicted molar refractivity (Wildman–Crippen MR) is 69.0 cm³/mol. The van der Waals surface area contributed by atoms with Crippen LogP contribution in [0, 0.1) is 12.7 Å². The molecule has 0 aromatic heterocycles. The van der Waals surface area contributed by atoms with Crippen molar-refractivity contribution in [3.63, 3.8) is 0 Å². The molecule has 0 saturated heterocycles. The molecule has 17 heavy (non-hydrogen) atoms. The van der Waals surface area contributed by atoms with E-state index < -0.39 is 0 Å². The van der Waals surface area contributed by atoms with E-state index in [0.717, 1.165) is 17.7 Å². The second-order valence-corrected chi connectivity index (χ2v) is 4.89. The van der Waals surface area contributed by atoms with E-state index in [9.17, 15) is 4.39 Å². The molecule has 0 heterocycles. The molecule has 0 fully saturated rings. The largest absolute Gasteiger partial charge is 0.490 e. The summed E-state index contributed by atoms with van der Waals surface area (Å²) in [5, 5.41) is 0. The summed E-state index contributed by atoms with van der Waals surface area (Å²) in [4.78, 5) is 2.16. The lowest BCUT2D eigenvalue weighted by Crippen LogP contribution is -2.30. The van der Waals surface area contributed by atoms with Crippen molar-refractivity contribution in [3.8, 4) is 5.75 Å². The monoisotopic (exact) mass is 239 g/mol. The van der Waals surface area contributed by atoms with Gasteiger partial charge in [0.05, 0.1) is 6.10 Å². The van der Waals surface area contributed by atoms with Crippen molar-refractivity contribution >= 4 is 0 Å². The second kappa shape index (κ2) is 6.01. The standard InChI is InChI=1S/C14H22FNO/c1-10-8-13(15)6-7-14(10)17-12(3)9-11(2)16(4)5/h6-8,11-12H,9H2,1-5H3/t11-,12+/m0/s1. The van der Waals surface area contributed by atoms with Gasteiger partial charge in [-0.25, -0.2) is 4.39 Å². The number of nitrogens with zero attached hydrogens (tertiary/aromatic N) is 1. The summed E-state index contributed by atoms with van der Waals surface area (Å²) in [5.41, 5.74) is 0.842. The molecule has 96 valence electrons. The fourth-order valence-corrected chi connectivity index (χ4v) is 1.70. The average Bonchev–Trinajstić information content (AvgIpc) is 2.22. The molecule has 0 amide bonds. The van der Waals surface area contributed by atoms with Gasteiger partial charge in [0.25, 0.3) is 0 Å². The molecular formula is C14H22FNO. The van der Waals surface area contributed by atoms with Crippen LogP contribution < -0.4 is 4.74 Å². The van der Waals surface area contributed by atoms with Crippen LogP contribution in [-0.4, -0.2) is 31.1 Å². The van der Waals surface area contributed by atoms with Gasteiger partial charge in [0.15, 0.2) is 0 Å². The Morgan fingerprint density at radius 2 is 1.94 bits per heavy atom. The first kappa shape index (κ1) is 14.0. The first-order chi connectivity index (χ1) is 7.90. The van der Waals surface area contributed by atoms with Crippen molar-refractivity contribution in [2.75, 3.05) is 14.1 Å². The lowest BCUT2D eigenvalue weighted by Gasteiger charge is -2.24. The normalized spacial score (nSPS) is 14.8. The SMILES string of the molecule is Cc1cc(F)ccc1O[C@H](C)C[C@H](C)N(C)C. The van der Waals surface area contributed by atoms with E-state index in [-0.39, 0.29) is 11.9 Å². The van der Waals surface area contributed by atoms with Gasteiger partial charge in [-0.2, -0.15) is 0 Å². The molecule has 0 saturated carbocycles. The summed E-state index contributed by atoms with van der Waals surface area (Å²) in [6.07, 6.45) is 1.07. The Morgan fingerprint density at radius 1 is 1.29 bits per heavy atom. The molecule has 0 unspecified atom stereocenters. The molecule has 3 heteroatoms. The molecule has 1 rings (SSSR count). The number of halogens is 1. The third-order valence-electron chi connectivity index (χ3n) is 3.02. The van der Waals surface area contributed by atoms with Gasteiger partial charge in [0.2, 0.25) is 0 Å². The zero-order valence-electron chi connectivity index (χ0n) is 11.3. The van der Waals surface area contributed by atoms with Crippen LogP contribution in [-0.2, 0) is 0 Å². The topological polar surface area (TPSA) is 12.5 Å². The van der Waals surface area contributed by atoms with Crippen molar-refractivity contribution in [2.24, 2.45) is 0 Å². The van der Waals surface area contributed by atoms with Gasteiger partial charge >= 0.3 is 0 Å². The maximum atomic E-state index is 12.9. The smallest absolute Gasteiger partial charge is 0.123 e. The van der Waals surface area contributed by atoms with Gasteiger partial charge in [-0.1, -0.05) is 0 Å². The molecule has 0 spiro atoms. The Kier molecular flexibility index (Phi) is 4.94. The molecule has 2 nitrogen and oxygen atoms in total. The minimum atomic E-state index is -0.218. The highest BCUT2D eigenvalue weighted by molar-refractivity contribution is 5.32. The van der Waals surface area contributed by atoms with Crippen molar-refractivity contribution in [2.45, 2.75) is 39.3 Å². The van der Waals surface area contributed by atoms with E-state index >= 15 is 0 Å². The first-order valence-electron chi connectivity index (χ1n) is 5.99. The Bertz CT molecular complexity index is 365. The Hall–Kier alpha value is -1.09. The summed E-state index contributed by atoms with van der Waals surface area (Å²) in [7, 11) is 4.11. The van der Waals surface area contributed by atoms with Gasteiger partial charge in [0, 0.05) is 6.04 Å². The van der Waals surface area contributed by atoms with Gasteiger partial charge in [0.1, 0.15) is 11.6 Å². The minimum Gasteiger partial charge on any atom is -0.490 e. The van der Waals surface area contributed by atoms with E-state index in [1.165, 1.54) is 12.1 Å². The van der Waals surface area contributed by atoms with Crippen LogP contribution in [0.25, 0.3) is 0 Å². The van der Waals surface area contributed by atoms with Crippen LogP contribution in [0.3, 0.4) is 0 Å².